The molecule has 6 nitrogen and oxygen atoms in total. The van der Waals surface area contributed by atoms with E-state index in [-0.39, 0.29) is 24.8 Å². The Bertz CT molecular complexity index is 516. The molecule has 0 radical (unpaired) electrons. The third kappa shape index (κ3) is 2.87. The summed E-state index contributed by atoms with van der Waals surface area (Å²) >= 11 is 0. The van der Waals surface area contributed by atoms with Gasteiger partial charge in [-0.3, -0.25) is 14.9 Å². The van der Waals surface area contributed by atoms with Crippen LogP contribution in [-0.4, -0.2) is 40.0 Å². The number of nitrogens with zero attached hydrogens (tertiary/aromatic N) is 2. The largest absolute Gasteiger partial charge is 0.395 e. The highest BCUT2D eigenvalue weighted by Gasteiger charge is 2.33. The molecule has 102 valence electrons. The quantitative estimate of drug-likeness (QED) is 0.645. The van der Waals surface area contributed by atoms with E-state index in [9.17, 15) is 19.3 Å². The lowest BCUT2D eigenvalue weighted by Crippen LogP contribution is -2.36. The van der Waals surface area contributed by atoms with Crippen LogP contribution >= 0.6 is 0 Å². The van der Waals surface area contributed by atoms with Crippen LogP contribution in [0.15, 0.2) is 18.2 Å². The van der Waals surface area contributed by atoms with Gasteiger partial charge < -0.3 is 10.0 Å². The molecule has 1 saturated carbocycles. The van der Waals surface area contributed by atoms with Crippen molar-refractivity contribution in [1.29, 1.82) is 0 Å². The molecule has 0 aromatic heterocycles. The van der Waals surface area contributed by atoms with Crippen LogP contribution in [0.4, 0.5) is 10.1 Å². The number of non-ortho nitro benzene ring substituents is 1. The Labute approximate surface area is 108 Å². The molecule has 0 atom stereocenters. The molecule has 1 aliphatic rings. The first kappa shape index (κ1) is 13.4. The van der Waals surface area contributed by atoms with Gasteiger partial charge in [0.25, 0.3) is 11.6 Å². The lowest BCUT2D eigenvalue weighted by atomic mass is 10.1. The Kier molecular flexibility index (Phi) is 3.75. The van der Waals surface area contributed by atoms with Crippen molar-refractivity contribution in [3.63, 3.8) is 0 Å². The molecule has 1 aliphatic carbocycles. The van der Waals surface area contributed by atoms with Crippen molar-refractivity contribution in [2.75, 3.05) is 13.2 Å². The van der Waals surface area contributed by atoms with Crippen LogP contribution in [0, 0.1) is 15.9 Å². The van der Waals surface area contributed by atoms with E-state index < -0.39 is 22.3 Å². The molecule has 2 rings (SSSR count). The average molecular weight is 268 g/mol. The fourth-order valence-corrected chi connectivity index (χ4v) is 1.89. The second kappa shape index (κ2) is 5.31. The fraction of sp³-hybridized carbons (Fsp3) is 0.417. The van der Waals surface area contributed by atoms with Gasteiger partial charge in [-0.15, -0.1) is 0 Å². The van der Waals surface area contributed by atoms with Gasteiger partial charge in [-0.2, -0.15) is 0 Å². The zero-order chi connectivity index (χ0) is 14.0. The zero-order valence-corrected chi connectivity index (χ0v) is 10.1. The van der Waals surface area contributed by atoms with E-state index in [1.54, 1.807) is 0 Å². The molecule has 0 aliphatic heterocycles. The van der Waals surface area contributed by atoms with Crippen molar-refractivity contribution < 1.29 is 19.2 Å². The Hall–Kier alpha value is -2.02. The van der Waals surface area contributed by atoms with Crippen LogP contribution in [0.25, 0.3) is 0 Å². The summed E-state index contributed by atoms with van der Waals surface area (Å²) in [5.41, 5.74) is -0.597. The van der Waals surface area contributed by atoms with Gasteiger partial charge in [-0.1, -0.05) is 0 Å². The van der Waals surface area contributed by atoms with E-state index in [0.717, 1.165) is 31.0 Å². The molecular weight excluding hydrogens is 255 g/mol. The van der Waals surface area contributed by atoms with E-state index >= 15 is 0 Å². The molecule has 1 amide bonds. The third-order valence-corrected chi connectivity index (χ3v) is 2.98. The second-order valence-electron chi connectivity index (χ2n) is 4.37. The van der Waals surface area contributed by atoms with Crippen molar-refractivity contribution in [2.24, 2.45) is 0 Å². The number of nitro groups is 1. The zero-order valence-electron chi connectivity index (χ0n) is 10.1. The summed E-state index contributed by atoms with van der Waals surface area (Å²) in [6, 6.07) is 2.98. The minimum Gasteiger partial charge on any atom is -0.395 e. The highest BCUT2D eigenvalue weighted by molar-refractivity contribution is 5.95. The fourth-order valence-electron chi connectivity index (χ4n) is 1.89. The van der Waals surface area contributed by atoms with Gasteiger partial charge in [0, 0.05) is 18.7 Å². The monoisotopic (exact) mass is 268 g/mol. The molecule has 7 heteroatoms. The van der Waals surface area contributed by atoms with Crippen molar-refractivity contribution in [1.82, 2.24) is 4.90 Å². The molecule has 1 aromatic carbocycles. The molecule has 0 unspecified atom stereocenters. The van der Waals surface area contributed by atoms with Gasteiger partial charge in [0.05, 0.1) is 23.2 Å². The van der Waals surface area contributed by atoms with E-state index in [4.69, 9.17) is 5.11 Å². The summed E-state index contributed by atoms with van der Waals surface area (Å²) in [5, 5.41) is 19.4. The van der Waals surface area contributed by atoms with Gasteiger partial charge in [0.15, 0.2) is 0 Å². The van der Waals surface area contributed by atoms with Gasteiger partial charge in [-0.25, -0.2) is 4.39 Å². The first-order valence-electron chi connectivity index (χ1n) is 5.90. The number of carbonyl (C=O) groups is 1. The number of hydrogen-bond acceptors (Lipinski definition) is 4. The van der Waals surface area contributed by atoms with E-state index in [1.165, 1.54) is 4.90 Å². The van der Waals surface area contributed by atoms with Gasteiger partial charge >= 0.3 is 0 Å². The summed E-state index contributed by atoms with van der Waals surface area (Å²) < 4.78 is 13.7. The van der Waals surface area contributed by atoms with Crippen molar-refractivity contribution in [3.05, 3.63) is 39.7 Å². The lowest BCUT2D eigenvalue weighted by molar-refractivity contribution is -0.385. The second-order valence-corrected chi connectivity index (χ2v) is 4.37. The maximum atomic E-state index is 13.7. The number of amides is 1. The summed E-state index contributed by atoms with van der Waals surface area (Å²) in [6.45, 7) is -0.0588. The van der Waals surface area contributed by atoms with Crippen LogP contribution in [0.2, 0.25) is 0 Å². The topological polar surface area (TPSA) is 83.7 Å². The van der Waals surface area contributed by atoms with Crippen LogP contribution in [0.1, 0.15) is 23.2 Å². The minimum absolute atomic E-state index is 0.0363. The third-order valence-electron chi connectivity index (χ3n) is 2.98. The van der Waals surface area contributed by atoms with Crippen LogP contribution in [0.3, 0.4) is 0 Å². The molecule has 1 N–H and O–H groups in total. The molecule has 0 heterocycles. The Balaban J connectivity index is 2.24. The van der Waals surface area contributed by atoms with E-state index in [0.29, 0.717) is 0 Å². The SMILES string of the molecule is O=C(c1ccc([N+](=O)[O-])cc1F)N(CCO)C1CC1. The normalized spacial score (nSPS) is 14.2. The van der Waals surface area contributed by atoms with Crippen molar-refractivity contribution >= 4 is 11.6 Å². The predicted molar refractivity (Wildman–Crippen MR) is 64.2 cm³/mol. The Morgan fingerprint density at radius 1 is 1.53 bits per heavy atom. The Morgan fingerprint density at radius 3 is 2.68 bits per heavy atom. The number of nitro benzene ring substituents is 1. The summed E-state index contributed by atoms with van der Waals surface area (Å²) in [7, 11) is 0. The number of carbonyl (C=O) groups excluding carboxylic acids is 1. The maximum Gasteiger partial charge on any atom is 0.272 e. The van der Waals surface area contributed by atoms with Gasteiger partial charge in [0.1, 0.15) is 5.82 Å². The molecule has 0 saturated heterocycles. The number of rotatable bonds is 5. The Morgan fingerprint density at radius 2 is 2.21 bits per heavy atom. The molecule has 19 heavy (non-hydrogen) atoms. The van der Waals surface area contributed by atoms with Gasteiger partial charge in [0.2, 0.25) is 0 Å². The van der Waals surface area contributed by atoms with Crippen molar-refractivity contribution in [3.8, 4) is 0 Å². The van der Waals surface area contributed by atoms with Crippen LogP contribution in [0.5, 0.6) is 0 Å². The number of halogens is 1. The molecular formula is C12H13FN2O4. The molecule has 0 spiro atoms. The summed E-state index contributed by atoms with van der Waals surface area (Å²) in [4.78, 5) is 23.3. The highest BCUT2D eigenvalue weighted by atomic mass is 19.1. The molecule has 0 bridgehead atoms. The summed E-state index contributed by atoms with van der Waals surface area (Å²) in [5.74, 6) is -1.45. The highest BCUT2D eigenvalue weighted by Crippen LogP contribution is 2.29. The maximum absolute atomic E-state index is 13.7. The number of benzene rings is 1. The van der Waals surface area contributed by atoms with Crippen molar-refractivity contribution in [2.45, 2.75) is 18.9 Å². The predicted octanol–water partition coefficient (Wildman–Crippen LogP) is 1.33. The standard InChI is InChI=1S/C12H13FN2O4/c13-11-7-9(15(18)19)3-4-10(11)12(17)14(5-6-16)8-1-2-8/h3-4,7-8,16H,1-2,5-6H2. The lowest BCUT2D eigenvalue weighted by Gasteiger charge is -2.21. The van der Waals surface area contributed by atoms with Gasteiger partial charge in [-0.05, 0) is 18.9 Å². The molecule has 1 fully saturated rings. The molecule has 1 aromatic rings. The minimum atomic E-state index is -0.914. The number of hydrogen-bond donors (Lipinski definition) is 1. The van der Waals surface area contributed by atoms with E-state index in [2.05, 4.69) is 0 Å². The first-order valence-corrected chi connectivity index (χ1v) is 5.90. The number of aliphatic hydroxyl groups excluding tert-OH is 1. The van der Waals surface area contributed by atoms with Crippen LogP contribution < -0.4 is 0 Å². The average Bonchev–Trinajstić information content (AvgIpc) is 3.19. The smallest absolute Gasteiger partial charge is 0.272 e. The number of aliphatic hydroxyl groups is 1. The van der Waals surface area contributed by atoms with E-state index in [1.807, 2.05) is 0 Å². The first-order chi connectivity index (χ1) is 9.04. The van der Waals surface area contributed by atoms with Crippen LogP contribution in [-0.2, 0) is 0 Å². The summed E-state index contributed by atoms with van der Waals surface area (Å²) in [6.07, 6.45) is 1.67.